The number of hydrogen-bond donors (Lipinski definition) is 1. The van der Waals surface area contributed by atoms with E-state index in [1.54, 1.807) is 12.1 Å². The van der Waals surface area contributed by atoms with Crippen molar-refractivity contribution in [3.05, 3.63) is 41.5 Å². The van der Waals surface area contributed by atoms with Crippen LogP contribution in [0.3, 0.4) is 0 Å². The molecule has 3 rings (SSSR count). The smallest absolute Gasteiger partial charge is 0.233 e. The fourth-order valence-electron chi connectivity index (χ4n) is 2.88. The van der Waals surface area contributed by atoms with Crippen LogP contribution < -0.4 is 0 Å². The van der Waals surface area contributed by atoms with Gasteiger partial charge in [-0.15, -0.1) is 5.10 Å². The molecule has 1 aliphatic heterocycles. The molecule has 1 aromatic heterocycles. The Morgan fingerprint density at radius 3 is 2.96 bits per heavy atom. The molecule has 0 spiro atoms. The SMILES string of the molecule is Cc1nc(SCC(=O)N2CCCN(Cc3cccc(F)c3)CC2)n[nH]1. The average Bonchev–Trinajstić information content (AvgIpc) is 2.86. The molecule has 134 valence electrons. The van der Waals surface area contributed by atoms with Gasteiger partial charge in [-0.1, -0.05) is 23.9 Å². The quantitative estimate of drug-likeness (QED) is 0.824. The lowest BCUT2D eigenvalue weighted by molar-refractivity contribution is -0.128. The Kier molecular flexibility index (Phi) is 6.04. The van der Waals surface area contributed by atoms with Crippen molar-refractivity contribution in [3.63, 3.8) is 0 Å². The molecule has 0 bridgehead atoms. The number of nitrogens with one attached hydrogen (secondary N) is 1. The Morgan fingerprint density at radius 1 is 1.32 bits per heavy atom. The highest BCUT2D eigenvalue weighted by molar-refractivity contribution is 7.99. The van der Waals surface area contributed by atoms with Gasteiger partial charge in [-0.2, -0.15) is 0 Å². The van der Waals surface area contributed by atoms with Crippen LogP contribution in [0.2, 0.25) is 0 Å². The zero-order chi connectivity index (χ0) is 17.6. The van der Waals surface area contributed by atoms with Gasteiger partial charge in [0.15, 0.2) is 0 Å². The van der Waals surface area contributed by atoms with Crippen molar-refractivity contribution in [2.45, 2.75) is 25.0 Å². The fourth-order valence-corrected chi connectivity index (χ4v) is 3.62. The lowest BCUT2D eigenvalue weighted by Crippen LogP contribution is -2.36. The molecular weight excluding hydrogens is 341 g/mol. The van der Waals surface area contributed by atoms with E-state index in [9.17, 15) is 9.18 Å². The zero-order valence-electron chi connectivity index (χ0n) is 14.2. The van der Waals surface area contributed by atoms with Crippen LogP contribution in [0.25, 0.3) is 0 Å². The highest BCUT2D eigenvalue weighted by Gasteiger charge is 2.19. The standard InChI is InChI=1S/C17H22FN5OS/c1-13-19-17(21-20-13)25-12-16(24)23-7-3-6-22(8-9-23)11-14-4-2-5-15(18)10-14/h2,4-5,10H,3,6-9,11-12H2,1H3,(H,19,20,21). The number of amides is 1. The number of halogens is 1. The highest BCUT2D eigenvalue weighted by atomic mass is 32.2. The third-order valence-corrected chi connectivity index (χ3v) is 4.97. The molecule has 2 heterocycles. The first-order valence-electron chi connectivity index (χ1n) is 8.36. The first-order chi connectivity index (χ1) is 12.1. The molecule has 25 heavy (non-hydrogen) atoms. The van der Waals surface area contributed by atoms with Crippen molar-refractivity contribution in [2.75, 3.05) is 31.9 Å². The summed E-state index contributed by atoms with van der Waals surface area (Å²) in [5.74, 6) is 1.00. The van der Waals surface area contributed by atoms with Crippen LogP contribution in [0.15, 0.2) is 29.4 Å². The fraction of sp³-hybridized carbons (Fsp3) is 0.471. The van der Waals surface area contributed by atoms with E-state index in [0.717, 1.165) is 37.4 Å². The number of hydrogen-bond acceptors (Lipinski definition) is 5. The van der Waals surface area contributed by atoms with E-state index in [1.165, 1.54) is 17.8 Å². The van der Waals surface area contributed by atoms with Crippen molar-refractivity contribution in [1.82, 2.24) is 25.0 Å². The van der Waals surface area contributed by atoms with Gasteiger partial charge in [0.25, 0.3) is 0 Å². The lowest BCUT2D eigenvalue weighted by atomic mass is 10.2. The number of rotatable bonds is 5. The first-order valence-corrected chi connectivity index (χ1v) is 9.35. The Morgan fingerprint density at radius 2 is 2.20 bits per heavy atom. The maximum absolute atomic E-state index is 13.3. The Bertz CT molecular complexity index is 723. The first kappa shape index (κ1) is 17.9. The minimum Gasteiger partial charge on any atom is -0.341 e. The number of carbonyl (C=O) groups is 1. The predicted molar refractivity (Wildman–Crippen MR) is 94.7 cm³/mol. The zero-order valence-corrected chi connectivity index (χ0v) is 15.1. The van der Waals surface area contributed by atoms with Gasteiger partial charge in [-0.05, 0) is 31.0 Å². The van der Waals surface area contributed by atoms with Crippen LogP contribution in [0.5, 0.6) is 0 Å². The molecule has 1 amide bonds. The van der Waals surface area contributed by atoms with E-state index < -0.39 is 0 Å². The minimum atomic E-state index is -0.205. The summed E-state index contributed by atoms with van der Waals surface area (Å²) in [5.41, 5.74) is 0.968. The Balaban J connectivity index is 1.48. The van der Waals surface area contributed by atoms with Gasteiger partial charge in [0.05, 0.1) is 5.75 Å². The number of thioether (sulfide) groups is 1. The van der Waals surface area contributed by atoms with Gasteiger partial charge >= 0.3 is 0 Å². The third-order valence-electron chi connectivity index (χ3n) is 4.14. The van der Waals surface area contributed by atoms with E-state index in [2.05, 4.69) is 20.1 Å². The van der Waals surface area contributed by atoms with Crippen molar-refractivity contribution < 1.29 is 9.18 Å². The summed E-state index contributed by atoms with van der Waals surface area (Å²) in [6.45, 7) is 5.71. The molecule has 8 heteroatoms. The number of aromatic amines is 1. The summed E-state index contributed by atoms with van der Waals surface area (Å²) in [5, 5.41) is 7.41. The second-order valence-corrected chi connectivity index (χ2v) is 7.07. The third kappa shape index (κ3) is 5.27. The Labute approximate surface area is 150 Å². The lowest BCUT2D eigenvalue weighted by Gasteiger charge is -2.22. The van der Waals surface area contributed by atoms with E-state index in [0.29, 0.717) is 24.0 Å². The molecule has 0 radical (unpaired) electrons. The number of H-pyrrole nitrogens is 1. The molecule has 0 unspecified atom stereocenters. The van der Waals surface area contributed by atoms with E-state index in [1.807, 2.05) is 17.9 Å². The summed E-state index contributed by atoms with van der Waals surface area (Å²) < 4.78 is 13.3. The van der Waals surface area contributed by atoms with E-state index in [4.69, 9.17) is 0 Å². The molecule has 6 nitrogen and oxygen atoms in total. The topological polar surface area (TPSA) is 65.1 Å². The summed E-state index contributed by atoms with van der Waals surface area (Å²) in [4.78, 5) is 20.8. The van der Waals surface area contributed by atoms with Gasteiger partial charge in [0.2, 0.25) is 11.1 Å². The van der Waals surface area contributed by atoms with E-state index >= 15 is 0 Å². The second kappa shape index (κ2) is 8.44. The predicted octanol–water partition coefficient (Wildman–Crippen LogP) is 2.08. The normalized spacial score (nSPS) is 16.0. The van der Waals surface area contributed by atoms with Crippen LogP contribution in [0, 0.1) is 12.7 Å². The Hall–Kier alpha value is -1.93. The van der Waals surface area contributed by atoms with Crippen molar-refractivity contribution in [1.29, 1.82) is 0 Å². The van der Waals surface area contributed by atoms with E-state index in [-0.39, 0.29) is 11.7 Å². The molecule has 2 aromatic rings. The van der Waals surface area contributed by atoms with Gasteiger partial charge in [0, 0.05) is 32.7 Å². The molecule has 0 atom stereocenters. The van der Waals surface area contributed by atoms with Gasteiger partial charge < -0.3 is 4.90 Å². The molecule has 0 aliphatic carbocycles. The largest absolute Gasteiger partial charge is 0.341 e. The molecule has 1 aliphatic rings. The van der Waals surface area contributed by atoms with Crippen LogP contribution in [-0.4, -0.2) is 62.8 Å². The number of aryl methyl sites for hydroxylation is 1. The molecule has 0 saturated carbocycles. The number of carbonyl (C=O) groups excluding carboxylic acids is 1. The molecular formula is C17H22FN5OS. The average molecular weight is 363 g/mol. The van der Waals surface area contributed by atoms with Crippen molar-refractivity contribution >= 4 is 17.7 Å². The van der Waals surface area contributed by atoms with Gasteiger partial charge in [0.1, 0.15) is 11.6 Å². The van der Waals surface area contributed by atoms with Crippen LogP contribution in [-0.2, 0) is 11.3 Å². The van der Waals surface area contributed by atoms with Gasteiger partial charge in [-0.25, -0.2) is 9.37 Å². The van der Waals surface area contributed by atoms with Crippen LogP contribution in [0.4, 0.5) is 4.39 Å². The van der Waals surface area contributed by atoms with Gasteiger partial charge in [-0.3, -0.25) is 14.8 Å². The summed E-state index contributed by atoms with van der Waals surface area (Å²) >= 11 is 1.35. The molecule has 1 fully saturated rings. The maximum Gasteiger partial charge on any atom is 0.233 e. The number of aromatic nitrogens is 3. The van der Waals surface area contributed by atoms with Crippen LogP contribution >= 0.6 is 11.8 Å². The molecule has 1 N–H and O–H groups in total. The van der Waals surface area contributed by atoms with Crippen LogP contribution in [0.1, 0.15) is 17.8 Å². The monoisotopic (exact) mass is 363 g/mol. The maximum atomic E-state index is 13.3. The minimum absolute atomic E-state index is 0.111. The highest BCUT2D eigenvalue weighted by Crippen LogP contribution is 2.15. The number of nitrogens with zero attached hydrogens (tertiary/aromatic N) is 4. The second-order valence-electron chi connectivity index (χ2n) is 6.13. The summed E-state index contributed by atoms with van der Waals surface area (Å²) in [6, 6.07) is 6.70. The number of benzene rings is 1. The molecule has 1 aromatic carbocycles. The summed E-state index contributed by atoms with van der Waals surface area (Å²) in [6.07, 6.45) is 0.922. The molecule has 1 saturated heterocycles. The summed E-state index contributed by atoms with van der Waals surface area (Å²) in [7, 11) is 0. The van der Waals surface area contributed by atoms with Crippen molar-refractivity contribution in [2.24, 2.45) is 0 Å². The van der Waals surface area contributed by atoms with Crippen molar-refractivity contribution in [3.8, 4) is 0 Å².